The van der Waals surface area contributed by atoms with E-state index in [4.69, 9.17) is 4.74 Å². The number of sulfonamides is 1. The van der Waals surface area contributed by atoms with Crippen molar-refractivity contribution in [1.29, 1.82) is 0 Å². The van der Waals surface area contributed by atoms with Gasteiger partial charge in [0, 0.05) is 58.5 Å². The van der Waals surface area contributed by atoms with Crippen molar-refractivity contribution in [3.63, 3.8) is 0 Å². The Balaban J connectivity index is 1.52. The van der Waals surface area contributed by atoms with Crippen molar-refractivity contribution >= 4 is 21.6 Å². The zero-order valence-electron chi connectivity index (χ0n) is 19.2. The highest BCUT2D eigenvalue weighted by atomic mass is 32.2. The Morgan fingerprint density at radius 2 is 1.82 bits per heavy atom. The minimum Gasteiger partial charge on any atom is -0.378 e. The van der Waals surface area contributed by atoms with Crippen LogP contribution in [0.2, 0.25) is 0 Å². The third-order valence-corrected chi connectivity index (χ3v) is 8.01. The average molecular weight is 473 g/mol. The normalized spacial score (nSPS) is 19.7. The summed E-state index contributed by atoms with van der Waals surface area (Å²) < 4.78 is 32.0. The first-order valence-electron chi connectivity index (χ1n) is 11.3. The summed E-state index contributed by atoms with van der Waals surface area (Å²) in [7, 11) is -0.667. The fourth-order valence-corrected chi connectivity index (χ4v) is 5.28. The van der Waals surface area contributed by atoms with Gasteiger partial charge in [-0.15, -0.1) is 0 Å². The van der Waals surface area contributed by atoms with Gasteiger partial charge in [-0.25, -0.2) is 12.7 Å². The lowest BCUT2D eigenvalue weighted by atomic mass is 10.1. The van der Waals surface area contributed by atoms with E-state index in [1.54, 1.807) is 12.1 Å². The number of anilines is 1. The maximum Gasteiger partial charge on any atom is 0.253 e. The number of rotatable bonds is 7. The molecule has 178 valence electrons. The van der Waals surface area contributed by atoms with Gasteiger partial charge < -0.3 is 15.0 Å². The second-order valence-electron chi connectivity index (χ2n) is 8.75. The highest BCUT2D eigenvalue weighted by molar-refractivity contribution is 7.89. The Morgan fingerprint density at radius 1 is 1.09 bits per heavy atom. The van der Waals surface area contributed by atoms with Gasteiger partial charge in [0.2, 0.25) is 10.0 Å². The van der Waals surface area contributed by atoms with E-state index in [-0.39, 0.29) is 16.8 Å². The van der Waals surface area contributed by atoms with Crippen LogP contribution in [0, 0.1) is 0 Å². The van der Waals surface area contributed by atoms with E-state index in [9.17, 15) is 13.2 Å². The summed E-state index contributed by atoms with van der Waals surface area (Å²) in [5.74, 6) is -0.237. The molecule has 4 rings (SSSR count). The van der Waals surface area contributed by atoms with Crippen LogP contribution in [0.15, 0.2) is 53.4 Å². The minimum atomic E-state index is -3.65. The highest BCUT2D eigenvalue weighted by Crippen LogP contribution is 2.27. The lowest BCUT2D eigenvalue weighted by Crippen LogP contribution is -2.40. The summed E-state index contributed by atoms with van der Waals surface area (Å²) in [4.78, 5) is 17.9. The topological polar surface area (TPSA) is 82.2 Å². The molecule has 2 heterocycles. The second-order valence-corrected chi connectivity index (χ2v) is 10.9. The van der Waals surface area contributed by atoms with Crippen molar-refractivity contribution in [3.05, 3.63) is 59.7 Å². The van der Waals surface area contributed by atoms with E-state index >= 15 is 0 Å². The third-order valence-electron chi connectivity index (χ3n) is 6.20. The van der Waals surface area contributed by atoms with Crippen LogP contribution < -0.4 is 10.2 Å². The zero-order valence-corrected chi connectivity index (χ0v) is 20.1. The molecule has 0 saturated carbocycles. The Hall–Kier alpha value is -2.46. The van der Waals surface area contributed by atoms with E-state index in [0.717, 1.165) is 36.0 Å². The van der Waals surface area contributed by atoms with E-state index in [1.807, 2.05) is 18.2 Å². The molecule has 2 saturated heterocycles. The largest absolute Gasteiger partial charge is 0.378 e. The van der Waals surface area contributed by atoms with Crippen LogP contribution in [0.3, 0.4) is 0 Å². The zero-order chi connectivity index (χ0) is 23.4. The summed E-state index contributed by atoms with van der Waals surface area (Å²) in [6, 6.07) is 15.1. The molecule has 0 spiro atoms. The van der Waals surface area contributed by atoms with Crippen molar-refractivity contribution < 1.29 is 17.9 Å². The molecular formula is C24H32N4O4S. The molecule has 0 unspecified atom stereocenters. The van der Waals surface area contributed by atoms with Crippen LogP contribution in [-0.2, 0) is 21.3 Å². The summed E-state index contributed by atoms with van der Waals surface area (Å²) in [5.41, 5.74) is 2.38. The summed E-state index contributed by atoms with van der Waals surface area (Å²) in [6.45, 7) is 5.01. The molecule has 2 aromatic carbocycles. The molecule has 1 N–H and O–H groups in total. The Morgan fingerprint density at radius 3 is 2.52 bits per heavy atom. The fourth-order valence-electron chi connectivity index (χ4n) is 4.35. The van der Waals surface area contributed by atoms with Gasteiger partial charge in [0.25, 0.3) is 5.91 Å². The molecule has 2 aromatic rings. The molecule has 0 aliphatic carbocycles. The lowest BCUT2D eigenvalue weighted by Gasteiger charge is -2.31. The van der Waals surface area contributed by atoms with Gasteiger partial charge >= 0.3 is 0 Å². The standard InChI is InChI=1S/C24H32N4O4S/c1-26(2)33(30,31)21-8-9-23(28-12-14-32-15-13-28)22(16-21)24(29)25-20-10-11-27(18-20)17-19-6-4-3-5-7-19/h3-9,16,20H,10-15,17-18H2,1-2H3,(H,25,29)/t20-/m1/s1. The molecular weight excluding hydrogens is 440 g/mol. The first-order chi connectivity index (χ1) is 15.8. The van der Waals surface area contributed by atoms with E-state index < -0.39 is 10.0 Å². The average Bonchev–Trinajstić information content (AvgIpc) is 3.26. The van der Waals surface area contributed by atoms with E-state index in [0.29, 0.717) is 31.9 Å². The molecule has 1 amide bonds. The summed E-state index contributed by atoms with van der Waals surface area (Å²) in [6.07, 6.45) is 0.862. The maximum absolute atomic E-state index is 13.4. The van der Waals surface area contributed by atoms with Gasteiger partial charge in [-0.1, -0.05) is 30.3 Å². The SMILES string of the molecule is CN(C)S(=O)(=O)c1ccc(N2CCOCC2)c(C(=O)N[C@@H]2CCN(Cc3ccccc3)C2)c1. The van der Waals surface area contributed by atoms with Gasteiger partial charge in [0.1, 0.15) is 0 Å². The van der Waals surface area contributed by atoms with Crippen molar-refractivity contribution in [3.8, 4) is 0 Å². The molecule has 2 fully saturated rings. The van der Waals surface area contributed by atoms with E-state index in [1.165, 1.54) is 25.7 Å². The van der Waals surface area contributed by atoms with Crippen LogP contribution in [-0.4, -0.2) is 83.1 Å². The van der Waals surface area contributed by atoms with Gasteiger partial charge in [-0.05, 0) is 30.2 Å². The van der Waals surface area contributed by atoms with Crippen molar-refractivity contribution in [2.45, 2.75) is 23.9 Å². The number of ether oxygens (including phenoxy) is 1. The first kappa shape index (κ1) is 23.7. The molecule has 9 heteroatoms. The Labute approximate surface area is 196 Å². The molecule has 0 aromatic heterocycles. The third kappa shape index (κ3) is 5.55. The molecule has 8 nitrogen and oxygen atoms in total. The predicted octanol–water partition coefficient (Wildman–Crippen LogP) is 1.78. The maximum atomic E-state index is 13.4. The van der Waals surface area contributed by atoms with Gasteiger partial charge in [-0.3, -0.25) is 9.69 Å². The number of nitrogens with zero attached hydrogens (tertiary/aromatic N) is 3. The summed E-state index contributed by atoms with van der Waals surface area (Å²) in [5, 5.41) is 3.15. The number of carbonyl (C=O) groups excluding carboxylic acids is 1. The number of amides is 1. The molecule has 2 aliphatic heterocycles. The molecule has 0 radical (unpaired) electrons. The van der Waals surface area contributed by atoms with Crippen LogP contribution in [0.25, 0.3) is 0 Å². The summed E-state index contributed by atoms with van der Waals surface area (Å²) >= 11 is 0. The quantitative estimate of drug-likeness (QED) is 0.662. The number of hydrogen-bond acceptors (Lipinski definition) is 6. The number of likely N-dealkylation sites (tertiary alicyclic amines) is 1. The number of nitrogens with one attached hydrogen (secondary N) is 1. The fraction of sp³-hybridized carbons (Fsp3) is 0.458. The monoisotopic (exact) mass is 472 g/mol. The molecule has 0 bridgehead atoms. The predicted molar refractivity (Wildman–Crippen MR) is 128 cm³/mol. The highest BCUT2D eigenvalue weighted by Gasteiger charge is 2.28. The van der Waals surface area contributed by atoms with Crippen LogP contribution in [0.1, 0.15) is 22.3 Å². The van der Waals surface area contributed by atoms with Crippen molar-refractivity contribution in [1.82, 2.24) is 14.5 Å². The smallest absolute Gasteiger partial charge is 0.253 e. The number of hydrogen-bond donors (Lipinski definition) is 1. The molecule has 2 aliphatic rings. The number of benzene rings is 2. The first-order valence-corrected chi connectivity index (χ1v) is 12.7. The second kappa shape index (κ2) is 10.2. The molecule has 1 atom stereocenters. The Bertz CT molecular complexity index is 1070. The van der Waals surface area contributed by atoms with Gasteiger partial charge in [0.05, 0.1) is 23.7 Å². The van der Waals surface area contributed by atoms with Crippen LogP contribution in [0.5, 0.6) is 0 Å². The van der Waals surface area contributed by atoms with Crippen LogP contribution >= 0.6 is 0 Å². The lowest BCUT2D eigenvalue weighted by molar-refractivity contribution is 0.0936. The molecule has 33 heavy (non-hydrogen) atoms. The van der Waals surface area contributed by atoms with E-state index in [2.05, 4.69) is 27.2 Å². The number of carbonyl (C=O) groups is 1. The minimum absolute atomic E-state index is 0.0212. The van der Waals surface area contributed by atoms with Gasteiger partial charge in [-0.2, -0.15) is 0 Å². The van der Waals surface area contributed by atoms with Crippen LogP contribution in [0.4, 0.5) is 5.69 Å². The number of morpholine rings is 1. The van der Waals surface area contributed by atoms with Crippen molar-refractivity contribution in [2.24, 2.45) is 0 Å². The Kier molecular flexibility index (Phi) is 7.33. The van der Waals surface area contributed by atoms with Gasteiger partial charge in [0.15, 0.2) is 0 Å². The van der Waals surface area contributed by atoms with Crippen molar-refractivity contribution in [2.75, 3.05) is 58.4 Å².